The van der Waals surface area contributed by atoms with Gasteiger partial charge >= 0.3 is 0 Å². The van der Waals surface area contributed by atoms with Crippen LogP contribution < -0.4 is 5.56 Å². The molecular weight excluding hydrogens is 360 g/mol. The monoisotopic (exact) mass is 386 g/mol. The van der Waals surface area contributed by atoms with Crippen molar-refractivity contribution in [1.82, 2.24) is 19.4 Å². The smallest absolute Gasteiger partial charge is 0.277 e. The van der Waals surface area contributed by atoms with Crippen LogP contribution in [0.1, 0.15) is 18.4 Å². The molecule has 5 rings (SSSR count). The molecule has 0 radical (unpaired) electrons. The summed E-state index contributed by atoms with van der Waals surface area (Å²) in [5, 5.41) is 1.01. The molecule has 0 unspecified atom stereocenters. The number of piperidine rings is 1. The zero-order chi connectivity index (χ0) is 19.6. The first-order valence-electron chi connectivity index (χ1n) is 10.5. The molecule has 4 aromatic rings. The molecule has 1 aliphatic heterocycles. The molecule has 29 heavy (non-hydrogen) atoms. The van der Waals surface area contributed by atoms with Crippen LogP contribution in [0.15, 0.2) is 65.7 Å². The molecule has 1 N–H and O–H groups in total. The van der Waals surface area contributed by atoms with Gasteiger partial charge in [-0.25, -0.2) is 4.98 Å². The standard InChI is InChI=1S/C24H26N4O/c29-24-23-22(20-8-4-5-9-21(20)26-23)25-17-28(24)15-14-27-12-10-19(11-13-27)16-18-6-2-1-3-7-18/h1-9,17,19,26H,10-16H2. The van der Waals surface area contributed by atoms with E-state index in [1.165, 1.54) is 24.8 Å². The highest BCUT2D eigenvalue weighted by Crippen LogP contribution is 2.22. The molecule has 1 fully saturated rings. The van der Waals surface area contributed by atoms with Crippen LogP contribution in [0.5, 0.6) is 0 Å². The highest BCUT2D eigenvalue weighted by Gasteiger charge is 2.19. The second-order valence-corrected chi connectivity index (χ2v) is 8.11. The normalized spacial score (nSPS) is 16.0. The number of nitrogens with one attached hydrogen (secondary N) is 1. The Labute approximate surface area is 170 Å². The van der Waals surface area contributed by atoms with E-state index in [0.717, 1.165) is 42.0 Å². The van der Waals surface area contributed by atoms with Crippen LogP contribution in [0, 0.1) is 5.92 Å². The topological polar surface area (TPSA) is 53.9 Å². The number of hydrogen-bond acceptors (Lipinski definition) is 3. The first-order chi connectivity index (χ1) is 14.3. The molecule has 0 bridgehead atoms. The van der Waals surface area contributed by atoms with Crippen molar-refractivity contribution in [3.8, 4) is 0 Å². The lowest BCUT2D eigenvalue weighted by Gasteiger charge is -2.32. The summed E-state index contributed by atoms with van der Waals surface area (Å²) in [6, 6.07) is 18.7. The predicted molar refractivity (Wildman–Crippen MR) is 117 cm³/mol. The summed E-state index contributed by atoms with van der Waals surface area (Å²) in [5.74, 6) is 0.765. The molecular formula is C24H26N4O. The Morgan fingerprint density at radius 1 is 0.966 bits per heavy atom. The lowest BCUT2D eigenvalue weighted by atomic mass is 9.90. The van der Waals surface area contributed by atoms with Gasteiger partial charge in [0.2, 0.25) is 0 Å². The molecule has 1 aliphatic rings. The second kappa shape index (κ2) is 7.84. The molecule has 0 atom stereocenters. The summed E-state index contributed by atoms with van der Waals surface area (Å²) in [6.07, 6.45) is 5.33. The fourth-order valence-electron chi connectivity index (χ4n) is 4.51. The fourth-order valence-corrected chi connectivity index (χ4v) is 4.51. The summed E-state index contributed by atoms with van der Waals surface area (Å²) in [6.45, 7) is 3.79. The fraction of sp³-hybridized carbons (Fsp3) is 0.333. The van der Waals surface area contributed by atoms with Gasteiger partial charge in [0, 0.05) is 24.0 Å². The van der Waals surface area contributed by atoms with E-state index in [0.29, 0.717) is 12.1 Å². The van der Waals surface area contributed by atoms with Crippen molar-refractivity contribution < 1.29 is 0 Å². The van der Waals surface area contributed by atoms with E-state index in [2.05, 4.69) is 45.2 Å². The Hall–Kier alpha value is -2.92. The number of benzene rings is 2. The van der Waals surface area contributed by atoms with Crippen LogP contribution in [-0.2, 0) is 13.0 Å². The summed E-state index contributed by atoms with van der Waals surface area (Å²) in [7, 11) is 0. The van der Waals surface area contributed by atoms with E-state index in [4.69, 9.17) is 0 Å². The number of fused-ring (bicyclic) bond motifs is 3. The molecule has 5 heteroatoms. The van der Waals surface area contributed by atoms with E-state index < -0.39 is 0 Å². The maximum absolute atomic E-state index is 12.9. The molecule has 1 saturated heterocycles. The maximum atomic E-state index is 12.9. The van der Waals surface area contributed by atoms with Crippen molar-refractivity contribution in [2.75, 3.05) is 19.6 Å². The summed E-state index contributed by atoms with van der Waals surface area (Å²) in [5.41, 5.74) is 3.80. The maximum Gasteiger partial charge on any atom is 0.277 e. The third kappa shape index (κ3) is 3.70. The van der Waals surface area contributed by atoms with E-state index in [1.807, 2.05) is 24.3 Å². The van der Waals surface area contributed by atoms with Crippen LogP contribution in [0.25, 0.3) is 21.9 Å². The molecule has 0 spiro atoms. The summed E-state index contributed by atoms with van der Waals surface area (Å²) in [4.78, 5) is 23.2. The van der Waals surface area contributed by atoms with Crippen molar-refractivity contribution in [2.45, 2.75) is 25.8 Å². The third-order valence-electron chi connectivity index (χ3n) is 6.21. The predicted octanol–water partition coefficient (Wildman–Crippen LogP) is 3.83. The van der Waals surface area contributed by atoms with Crippen molar-refractivity contribution in [2.24, 2.45) is 5.92 Å². The number of likely N-dealkylation sites (tertiary alicyclic amines) is 1. The molecule has 5 nitrogen and oxygen atoms in total. The van der Waals surface area contributed by atoms with Gasteiger partial charge in [-0.2, -0.15) is 0 Å². The molecule has 2 aromatic heterocycles. The second-order valence-electron chi connectivity index (χ2n) is 8.11. The van der Waals surface area contributed by atoms with Crippen molar-refractivity contribution in [3.63, 3.8) is 0 Å². The largest absolute Gasteiger partial charge is 0.349 e. The van der Waals surface area contributed by atoms with Crippen LogP contribution >= 0.6 is 0 Å². The van der Waals surface area contributed by atoms with Gasteiger partial charge in [-0.1, -0.05) is 48.5 Å². The molecule has 0 aliphatic carbocycles. The van der Waals surface area contributed by atoms with Crippen LogP contribution in [0.4, 0.5) is 0 Å². The van der Waals surface area contributed by atoms with Crippen molar-refractivity contribution >= 4 is 21.9 Å². The number of nitrogens with zero attached hydrogens (tertiary/aromatic N) is 3. The zero-order valence-electron chi connectivity index (χ0n) is 16.6. The highest BCUT2D eigenvalue weighted by atomic mass is 16.1. The lowest BCUT2D eigenvalue weighted by molar-refractivity contribution is 0.178. The van der Waals surface area contributed by atoms with Gasteiger partial charge in [0.25, 0.3) is 5.56 Å². The minimum Gasteiger partial charge on any atom is -0.349 e. The van der Waals surface area contributed by atoms with Gasteiger partial charge in [-0.3, -0.25) is 9.36 Å². The van der Waals surface area contributed by atoms with Gasteiger partial charge in [0.05, 0.1) is 6.33 Å². The summed E-state index contributed by atoms with van der Waals surface area (Å²) < 4.78 is 1.74. The van der Waals surface area contributed by atoms with Crippen LogP contribution in [-0.4, -0.2) is 39.1 Å². The first-order valence-corrected chi connectivity index (χ1v) is 10.5. The molecule has 3 heterocycles. The summed E-state index contributed by atoms with van der Waals surface area (Å²) >= 11 is 0. The van der Waals surface area contributed by atoms with E-state index in [9.17, 15) is 4.79 Å². The molecule has 0 saturated carbocycles. The van der Waals surface area contributed by atoms with Crippen molar-refractivity contribution in [3.05, 3.63) is 76.8 Å². The van der Waals surface area contributed by atoms with Gasteiger partial charge in [0.15, 0.2) is 0 Å². The molecule has 0 amide bonds. The minimum absolute atomic E-state index is 0.0187. The number of aromatic nitrogens is 3. The highest BCUT2D eigenvalue weighted by molar-refractivity contribution is 6.04. The molecule has 148 valence electrons. The quantitative estimate of drug-likeness (QED) is 0.567. The lowest BCUT2D eigenvalue weighted by Crippen LogP contribution is -2.37. The minimum atomic E-state index is 0.0187. The van der Waals surface area contributed by atoms with Crippen LogP contribution in [0.2, 0.25) is 0 Å². The Bertz CT molecular complexity index is 1170. The molecule has 2 aromatic carbocycles. The van der Waals surface area contributed by atoms with Gasteiger partial charge in [-0.15, -0.1) is 0 Å². The Balaban J connectivity index is 1.22. The SMILES string of the molecule is O=c1c2[nH]c3ccccc3c2ncn1CCN1CCC(Cc2ccccc2)CC1. The average Bonchev–Trinajstić information content (AvgIpc) is 3.15. The number of rotatable bonds is 5. The van der Waals surface area contributed by atoms with Crippen LogP contribution in [0.3, 0.4) is 0 Å². The Morgan fingerprint density at radius 2 is 1.72 bits per heavy atom. The number of para-hydroxylation sites is 1. The number of hydrogen-bond donors (Lipinski definition) is 1. The average molecular weight is 386 g/mol. The van der Waals surface area contributed by atoms with E-state index >= 15 is 0 Å². The van der Waals surface area contributed by atoms with Crippen molar-refractivity contribution in [1.29, 1.82) is 0 Å². The van der Waals surface area contributed by atoms with Gasteiger partial charge in [0.1, 0.15) is 11.0 Å². The van der Waals surface area contributed by atoms with Gasteiger partial charge in [-0.05, 0) is 49.9 Å². The number of H-pyrrole nitrogens is 1. The number of aromatic amines is 1. The zero-order valence-corrected chi connectivity index (χ0v) is 16.6. The third-order valence-corrected chi connectivity index (χ3v) is 6.21. The van der Waals surface area contributed by atoms with E-state index in [1.54, 1.807) is 10.9 Å². The Kier molecular flexibility index (Phi) is 4.90. The van der Waals surface area contributed by atoms with Gasteiger partial charge < -0.3 is 9.88 Å². The Morgan fingerprint density at radius 3 is 2.55 bits per heavy atom. The van der Waals surface area contributed by atoms with E-state index in [-0.39, 0.29) is 5.56 Å². The first kappa shape index (κ1) is 18.1.